The van der Waals surface area contributed by atoms with Crippen LogP contribution in [0, 0.1) is 10.1 Å². The number of rotatable bonds is 2. The smallest absolute Gasteiger partial charge is 0.235 e. The van der Waals surface area contributed by atoms with Crippen LogP contribution in [-0.2, 0) is 0 Å². The molecule has 0 atom stereocenters. The summed E-state index contributed by atoms with van der Waals surface area (Å²) in [6.45, 7) is 0. The molecule has 0 N–H and O–H groups in total. The zero-order chi connectivity index (χ0) is 10.7. The quantitative estimate of drug-likeness (QED) is 0.455. The van der Waals surface area contributed by atoms with Gasteiger partial charge in [-0.25, -0.2) is 0 Å². The lowest BCUT2D eigenvalue weighted by Crippen LogP contribution is -1.84. The van der Waals surface area contributed by atoms with Crippen LogP contribution < -0.4 is 0 Å². The Labute approximate surface area is 95.0 Å². The molecule has 0 aliphatic carbocycles. The molecule has 1 aromatic carbocycles. The molecule has 1 aromatic rings. The van der Waals surface area contributed by atoms with Crippen molar-refractivity contribution >= 4 is 40.9 Å². The third kappa shape index (κ3) is 2.61. The third-order valence-corrected chi connectivity index (χ3v) is 2.75. The molecule has 0 saturated heterocycles. The summed E-state index contributed by atoms with van der Waals surface area (Å²) in [6, 6.07) is 3.08. The monoisotopic (exact) mass is 251 g/mol. The maximum atomic E-state index is 10.1. The fraction of sp³-hybridized carbons (Fsp3) is 0. The largest absolute Gasteiger partial charge is 0.259 e. The van der Waals surface area contributed by atoms with Gasteiger partial charge in [-0.3, -0.25) is 10.1 Å². The summed E-state index contributed by atoms with van der Waals surface area (Å²) in [5, 5.41) is 10.8. The normalized spacial score (nSPS) is 10.8. The van der Waals surface area contributed by atoms with E-state index < -0.39 is 4.92 Å². The van der Waals surface area contributed by atoms with E-state index >= 15 is 0 Å². The van der Waals surface area contributed by atoms with Gasteiger partial charge >= 0.3 is 0 Å². The molecule has 0 saturated carbocycles. The summed E-state index contributed by atoms with van der Waals surface area (Å²) in [4.78, 5) is 9.47. The fourth-order valence-electron chi connectivity index (χ4n) is 0.811. The Hall–Kier alpha value is -0.770. The van der Waals surface area contributed by atoms with E-state index in [0.717, 1.165) is 6.20 Å². The van der Waals surface area contributed by atoms with Gasteiger partial charge in [0.1, 0.15) is 0 Å². The number of nitro groups is 1. The molecule has 0 bridgehead atoms. The number of hydrogen-bond acceptors (Lipinski definition) is 2. The molecule has 0 unspecified atom stereocenters. The minimum absolute atomic E-state index is 0.193. The number of nitrogens with zero attached hydrogens (tertiary/aromatic N) is 1. The first-order valence-electron chi connectivity index (χ1n) is 3.47. The molecule has 1 rings (SSSR count). The van der Waals surface area contributed by atoms with Gasteiger partial charge in [-0.15, -0.1) is 0 Å². The lowest BCUT2D eigenvalue weighted by atomic mass is 10.2. The molecular formula is C8H4Cl3NO2. The second-order valence-electron chi connectivity index (χ2n) is 2.37. The van der Waals surface area contributed by atoms with E-state index in [-0.39, 0.29) is 10.0 Å². The van der Waals surface area contributed by atoms with Crippen molar-refractivity contribution in [2.24, 2.45) is 0 Å². The Kier molecular flexibility index (Phi) is 3.75. The van der Waals surface area contributed by atoms with Gasteiger partial charge in [-0.2, -0.15) is 0 Å². The van der Waals surface area contributed by atoms with Crippen LogP contribution in [0.25, 0.3) is 6.08 Å². The number of halogens is 3. The maximum absolute atomic E-state index is 10.1. The van der Waals surface area contributed by atoms with Gasteiger partial charge in [-0.1, -0.05) is 40.9 Å². The Morgan fingerprint density at radius 2 is 1.86 bits per heavy atom. The topological polar surface area (TPSA) is 43.1 Å². The molecule has 0 heterocycles. The zero-order valence-electron chi connectivity index (χ0n) is 6.71. The van der Waals surface area contributed by atoms with Crippen LogP contribution in [0.4, 0.5) is 0 Å². The SMILES string of the molecule is O=[N+]([O-])C=Cc1ccc(Cl)c(Cl)c1Cl. The first-order valence-corrected chi connectivity index (χ1v) is 4.61. The van der Waals surface area contributed by atoms with Crippen LogP contribution in [0.3, 0.4) is 0 Å². The van der Waals surface area contributed by atoms with Crippen LogP contribution in [-0.4, -0.2) is 4.92 Å². The summed E-state index contributed by atoms with van der Waals surface area (Å²) in [5.74, 6) is 0. The molecule has 6 heteroatoms. The van der Waals surface area contributed by atoms with Crippen LogP contribution in [0.5, 0.6) is 0 Å². The van der Waals surface area contributed by atoms with Crippen LogP contribution in [0.2, 0.25) is 15.1 Å². The zero-order valence-corrected chi connectivity index (χ0v) is 8.97. The predicted molar refractivity (Wildman–Crippen MR) is 57.5 cm³/mol. The van der Waals surface area contributed by atoms with Crippen LogP contribution >= 0.6 is 34.8 Å². The molecule has 3 nitrogen and oxygen atoms in total. The molecular weight excluding hydrogens is 248 g/mol. The van der Waals surface area contributed by atoms with Crippen LogP contribution in [0.1, 0.15) is 5.56 Å². The van der Waals surface area contributed by atoms with E-state index in [1.54, 1.807) is 6.07 Å². The van der Waals surface area contributed by atoms with Crippen molar-refractivity contribution in [1.29, 1.82) is 0 Å². The summed E-state index contributed by atoms with van der Waals surface area (Å²) in [6.07, 6.45) is 2.04. The van der Waals surface area contributed by atoms with Gasteiger partial charge < -0.3 is 0 Å². The average Bonchev–Trinajstić information content (AvgIpc) is 2.13. The van der Waals surface area contributed by atoms with Gasteiger partial charge in [0, 0.05) is 11.6 Å². The summed E-state index contributed by atoms with van der Waals surface area (Å²) >= 11 is 17.2. The highest BCUT2D eigenvalue weighted by atomic mass is 35.5. The highest BCUT2D eigenvalue weighted by Gasteiger charge is 2.06. The highest BCUT2D eigenvalue weighted by Crippen LogP contribution is 2.33. The van der Waals surface area contributed by atoms with Crippen LogP contribution in [0.15, 0.2) is 18.3 Å². The Bertz CT molecular complexity index is 404. The van der Waals surface area contributed by atoms with E-state index in [9.17, 15) is 10.1 Å². The molecule has 0 aliphatic heterocycles. The average molecular weight is 252 g/mol. The number of hydrogen-bond donors (Lipinski definition) is 0. The Balaban J connectivity index is 3.12. The van der Waals surface area contributed by atoms with E-state index in [1.165, 1.54) is 12.1 Å². The van der Waals surface area contributed by atoms with E-state index in [4.69, 9.17) is 34.8 Å². The highest BCUT2D eigenvalue weighted by molar-refractivity contribution is 6.48. The van der Waals surface area contributed by atoms with Gasteiger partial charge in [-0.05, 0) is 6.07 Å². The Morgan fingerprint density at radius 1 is 1.21 bits per heavy atom. The van der Waals surface area contributed by atoms with Crippen molar-refractivity contribution in [3.8, 4) is 0 Å². The predicted octanol–water partition coefficient (Wildman–Crippen LogP) is 3.89. The lowest BCUT2D eigenvalue weighted by Gasteiger charge is -2.01. The molecule has 74 valence electrons. The summed E-state index contributed by atoms with van der Waals surface area (Å²) < 4.78 is 0. The van der Waals surface area contributed by atoms with Crippen molar-refractivity contribution in [2.45, 2.75) is 0 Å². The van der Waals surface area contributed by atoms with Crippen molar-refractivity contribution in [1.82, 2.24) is 0 Å². The first kappa shape index (κ1) is 11.3. The second-order valence-corrected chi connectivity index (χ2v) is 3.53. The van der Waals surface area contributed by atoms with Crippen molar-refractivity contribution in [3.63, 3.8) is 0 Å². The standard InChI is InChI=1S/C8H4Cl3NO2/c9-6-2-1-5(3-4-12(13)14)7(10)8(6)11/h1-4H. The third-order valence-electron chi connectivity index (χ3n) is 1.44. The van der Waals surface area contributed by atoms with Crippen molar-refractivity contribution < 1.29 is 4.92 Å². The molecule has 0 aliphatic rings. The van der Waals surface area contributed by atoms with Gasteiger partial charge in [0.2, 0.25) is 6.20 Å². The second kappa shape index (κ2) is 4.64. The molecule has 0 aromatic heterocycles. The molecule has 0 radical (unpaired) electrons. The minimum Gasteiger partial charge on any atom is -0.259 e. The maximum Gasteiger partial charge on any atom is 0.235 e. The minimum atomic E-state index is -0.584. The lowest BCUT2D eigenvalue weighted by molar-refractivity contribution is -0.400. The molecule has 0 spiro atoms. The van der Waals surface area contributed by atoms with Gasteiger partial charge in [0.25, 0.3) is 0 Å². The fourth-order valence-corrected chi connectivity index (χ4v) is 1.42. The van der Waals surface area contributed by atoms with Crippen molar-refractivity contribution in [2.75, 3.05) is 0 Å². The van der Waals surface area contributed by atoms with E-state index in [0.29, 0.717) is 10.6 Å². The van der Waals surface area contributed by atoms with Gasteiger partial charge in [0.15, 0.2) is 0 Å². The van der Waals surface area contributed by atoms with Gasteiger partial charge in [0.05, 0.1) is 20.0 Å². The summed E-state index contributed by atoms with van der Waals surface area (Å²) in [5.41, 5.74) is 0.456. The summed E-state index contributed by atoms with van der Waals surface area (Å²) in [7, 11) is 0. The van der Waals surface area contributed by atoms with Crippen molar-refractivity contribution in [3.05, 3.63) is 49.1 Å². The first-order chi connectivity index (χ1) is 6.52. The molecule has 0 amide bonds. The molecule has 0 fully saturated rings. The van der Waals surface area contributed by atoms with E-state index in [1.807, 2.05) is 0 Å². The number of benzene rings is 1. The van der Waals surface area contributed by atoms with E-state index in [2.05, 4.69) is 0 Å². The Morgan fingerprint density at radius 3 is 2.43 bits per heavy atom. The molecule has 14 heavy (non-hydrogen) atoms.